The lowest BCUT2D eigenvalue weighted by Gasteiger charge is -2.17. The molecule has 1 aromatic carbocycles. The number of likely N-dealkylation sites (tertiary alicyclic amines) is 1. The fraction of sp³-hybridized carbons (Fsp3) is 0.211. The zero-order chi connectivity index (χ0) is 21.5. The number of hydrogen-bond donors (Lipinski definition) is 3. The highest BCUT2D eigenvalue weighted by atomic mass is 35.5. The lowest BCUT2D eigenvalue weighted by Crippen LogP contribution is -2.41. The lowest BCUT2D eigenvalue weighted by molar-refractivity contribution is -0.129. The van der Waals surface area contributed by atoms with Crippen LogP contribution in [-0.2, 0) is 21.4 Å². The number of amides is 1. The Kier molecular flexibility index (Phi) is 5.49. The second-order valence-corrected chi connectivity index (χ2v) is 10.4. The predicted molar refractivity (Wildman–Crippen MR) is 116 cm³/mol. The van der Waals surface area contributed by atoms with Gasteiger partial charge in [-0.15, -0.1) is 11.3 Å². The van der Waals surface area contributed by atoms with Crippen LogP contribution in [0.3, 0.4) is 0 Å². The summed E-state index contributed by atoms with van der Waals surface area (Å²) in [4.78, 5) is 18.5. The molecule has 0 spiro atoms. The normalized spacial score (nSPS) is 17.0. The van der Waals surface area contributed by atoms with E-state index in [1.165, 1.54) is 12.3 Å². The van der Waals surface area contributed by atoms with Crippen LogP contribution >= 0.6 is 22.9 Å². The van der Waals surface area contributed by atoms with Crippen LogP contribution in [-0.4, -0.2) is 42.6 Å². The summed E-state index contributed by atoms with van der Waals surface area (Å²) in [5, 5.41) is 7.96. The van der Waals surface area contributed by atoms with E-state index in [9.17, 15) is 13.2 Å². The number of fused-ring (bicyclic) bond motifs is 1. The van der Waals surface area contributed by atoms with Crippen LogP contribution in [0.4, 0.5) is 0 Å². The lowest BCUT2D eigenvalue weighted by atomic mass is 10.1. The highest BCUT2D eigenvalue weighted by Gasteiger charge is 2.35. The Morgan fingerprint density at radius 2 is 2.17 bits per heavy atom. The third-order valence-electron chi connectivity index (χ3n) is 4.78. The van der Waals surface area contributed by atoms with Crippen molar-refractivity contribution in [1.29, 1.82) is 5.41 Å². The van der Waals surface area contributed by atoms with Gasteiger partial charge in [0.15, 0.2) is 0 Å². The van der Waals surface area contributed by atoms with Gasteiger partial charge < -0.3 is 10.6 Å². The van der Waals surface area contributed by atoms with Crippen molar-refractivity contribution in [2.45, 2.75) is 23.2 Å². The average Bonchev–Trinajstić information content (AvgIpc) is 3.27. The van der Waals surface area contributed by atoms with E-state index >= 15 is 0 Å². The molecule has 0 aliphatic carbocycles. The molecule has 1 aliphatic heterocycles. The Hall–Kier alpha value is -2.53. The van der Waals surface area contributed by atoms with E-state index in [0.29, 0.717) is 40.3 Å². The summed E-state index contributed by atoms with van der Waals surface area (Å²) in [7, 11) is -3.87. The van der Waals surface area contributed by atoms with E-state index in [2.05, 4.69) is 9.71 Å². The summed E-state index contributed by atoms with van der Waals surface area (Å²) >= 11 is 6.98. The molecule has 1 amide bonds. The first kappa shape index (κ1) is 20.7. The summed E-state index contributed by atoms with van der Waals surface area (Å²) < 4.78 is 28.9. The fourth-order valence-electron chi connectivity index (χ4n) is 3.31. The molecule has 4 rings (SSSR count). The summed E-state index contributed by atoms with van der Waals surface area (Å²) in [5.74, 6) is -0.330. The Bertz CT molecular complexity index is 1260. The Labute approximate surface area is 182 Å². The van der Waals surface area contributed by atoms with Crippen molar-refractivity contribution in [3.63, 3.8) is 0 Å². The fourth-order valence-corrected chi connectivity index (χ4v) is 6.15. The minimum atomic E-state index is -3.87. The zero-order valence-corrected chi connectivity index (χ0v) is 18.0. The first-order chi connectivity index (χ1) is 14.2. The number of nitrogens with zero attached hydrogens (tertiary/aromatic N) is 2. The van der Waals surface area contributed by atoms with Gasteiger partial charge in [0.1, 0.15) is 16.1 Å². The number of carbonyl (C=O) groups is 1. The number of halogens is 1. The van der Waals surface area contributed by atoms with Crippen molar-refractivity contribution < 1.29 is 13.2 Å². The van der Waals surface area contributed by atoms with E-state index in [0.717, 1.165) is 16.9 Å². The first-order valence-electron chi connectivity index (χ1n) is 9.02. The quantitative estimate of drug-likeness (QED) is 0.381. The highest BCUT2D eigenvalue weighted by Crippen LogP contribution is 2.30. The summed E-state index contributed by atoms with van der Waals surface area (Å²) in [5.41, 5.74) is 7.46. The van der Waals surface area contributed by atoms with Crippen molar-refractivity contribution in [2.24, 2.45) is 5.73 Å². The molecule has 8 nitrogen and oxygen atoms in total. The monoisotopic (exact) mass is 463 g/mol. The SMILES string of the molecule is N=C(N)c1cccc(CN2CCC(NS(=O)(=O)c3cc4ncc(Cl)cc4s3)C2=O)c1. The largest absolute Gasteiger partial charge is 0.384 e. The number of nitrogens with two attached hydrogens (primary N) is 1. The van der Waals surface area contributed by atoms with E-state index in [4.69, 9.17) is 22.7 Å². The van der Waals surface area contributed by atoms with Gasteiger partial charge in [-0.05, 0) is 30.2 Å². The number of benzene rings is 1. The van der Waals surface area contributed by atoms with Gasteiger partial charge in [0.25, 0.3) is 10.0 Å². The minimum absolute atomic E-state index is 0.0469. The number of carbonyl (C=O) groups excluding carboxylic acids is 1. The Morgan fingerprint density at radius 3 is 2.93 bits per heavy atom. The van der Waals surface area contributed by atoms with Crippen molar-refractivity contribution >= 4 is 54.9 Å². The van der Waals surface area contributed by atoms with Crippen molar-refractivity contribution in [1.82, 2.24) is 14.6 Å². The first-order valence-corrected chi connectivity index (χ1v) is 11.7. The maximum Gasteiger partial charge on any atom is 0.250 e. The molecule has 4 N–H and O–H groups in total. The molecule has 0 bridgehead atoms. The molecular formula is C19H18ClN5O3S2. The van der Waals surface area contributed by atoms with Crippen molar-refractivity contribution in [3.05, 3.63) is 58.7 Å². The summed E-state index contributed by atoms with van der Waals surface area (Å²) in [6, 6.07) is 9.40. The van der Waals surface area contributed by atoms with Gasteiger partial charge in [0.05, 0.1) is 15.2 Å². The van der Waals surface area contributed by atoms with E-state index < -0.39 is 16.1 Å². The molecule has 0 saturated carbocycles. The van der Waals surface area contributed by atoms with E-state index in [-0.39, 0.29) is 16.0 Å². The zero-order valence-electron chi connectivity index (χ0n) is 15.6. The number of pyridine rings is 1. The highest BCUT2D eigenvalue weighted by molar-refractivity contribution is 7.91. The third kappa shape index (κ3) is 4.17. The van der Waals surface area contributed by atoms with Crippen LogP contribution in [0.25, 0.3) is 10.2 Å². The molecule has 1 aliphatic rings. The minimum Gasteiger partial charge on any atom is -0.384 e. The molecule has 3 aromatic rings. The maximum absolute atomic E-state index is 12.8. The van der Waals surface area contributed by atoms with Gasteiger partial charge in [-0.1, -0.05) is 29.8 Å². The molecule has 156 valence electrons. The Balaban J connectivity index is 1.48. The van der Waals surface area contributed by atoms with E-state index in [1.807, 2.05) is 6.07 Å². The van der Waals surface area contributed by atoms with Gasteiger partial charge in [-0.25, -0.2) is 8.42 Å². The molecule has 11 heteroatoms. The molecule has 1 fully saturated rings. The molecule has 1 saturated heterocycles. The number of nitrogens with one attached hydrogen (secondary N) is 2. The smallest absolute Gasteiger partial charge is 0.250 e. The summed E-state index contributed by atoms with van der Waals surface area (Å²) in [6.45, 7) is 0.753. The topological polar surface area (TPSA) is 129 Å². The van der Waals surface area contributed by atoms with Gasteiger partial charge in [-0.3, -0.25) is 15.2 Å². The number of aromatic nitrogens is 1. The standard InChI is InChI=1S/C19H18ClN5O3S2/c20-13-7-16-15(23-9-13)8-17(29-16)30(27,28)24-14-4-5-25(19(14)26)10-11-2-1-3-12(6-11)18(21)22/h1-3,6-9,14,24H,4-5,10H2,(H3,21,22). The number of sulfonamides is 1. The van der Waals surface area contributed by atoms with Gasteiger partial charge in [-0.2, -0.15) is 4.72 Å². The second-order valence-electron chi connectivity index (χ2n) is 6.94. The average molecular weight is 464 g/mol. The molecular weight excluding hydrogens is 446 g/mol. The van der Waals surface area contributed by atoms with Crippen LogP contribution in [0.1, 0.15) is 17.5 Å². The molecule has 30 heavy (non-hydrogen) atoms. The van der Waals surface area contributed by atoms with Gasteiger partial charge >= 0.3 is 0 Å². The van der Waals surface area contributed by atoms with E-state index in [1.54, 1.807) is 29.2 Å². The molecule has 3 heterocycles. The van der Waals surface area contributed by atoms with Crippen molar-refractivity contribution in [3.8, 4) is 0 Å². The van der Waals surface area contributed by atoms with Crippen LogP contribution in [0, 0.1) is 5.41 Å². The van der Waals surface area contributed by atoms with Crippen LogP contribution in [0.5, 0.6) is 0 Å². The van der Waals surface area contributed by atoms with Crippen LogP contribution in [0.2, 0.25) is 5.02 Å². The predicted octanol–water partition coefficient (Wildman–Crippen LogP) is 2.31. The summed E-state index contributed by atoms with van der Waals surface area (Å²) in [6.07, 6.45) is 1.83. The van der Waals surface area contributed by atoms with Crippen LogP contribution in [0.15, 0.2) is 46.8 Å². The van der Waals surface area contributed by atoms with Crippen molar-refractivity contribution in [2.75, 3.05) is 6.54 Å². The second kappa shape index (κ2) is 7.95. The molecule has 1 unspecified atom stereocenters. The van der Waals surface area contributed by atoms with Gasteiger partial charge in [0.2, 0.25) is 5.91 Å². The maximum atomic E-state index is 12.8. The van der Waals surface area contributed by atoms with Crippen LogP contribution < -0.4 is 10.5 Å². The number of amidine groups is 1. The third-order valence-corrected chi connectivity index (χ3v) is 8.01. The number of nitrogen functional groups attached to an aromatic ring is 1. The molecule has 0 radical (unpaired) electrons. The number of thiophene rings is 1. The van der Waals surface area contributed by atoms with Gasteiger partial charge in [0, 0.05) is 24.8 Å². The molecule has 2 aromatic heterocycles. The number of rotatable bonds is 6. The molecule has 1 atom stereocenters. The Morgan fingerprint density at radius 1 is 1.37 bits per heavy atom. The number of hydrogen-bond acceptors (Lipinski definition) is 6.